The molecule has 1 aliphatic rings. The number of sulfonamides is 1. The van der Waals surface area contributed by atoms with E-state index in [2.05, 4.69) is 4.72 Å². The van der Waals surface area contributed by atoms with Gasteiger partial charge in [0.15, 0.2) is 0 Å². The molecule has 1 aromatic carbocycles. The molecule has 2 rings (SSSR count). The lowest BCUT2D eigenvalue weighted by atomic mass is 9.82. The van der Waals surface area contributed by atoms with Crippen LogP contribution in [0.25, 0.3) is 0 Å². The van der Waals surface area contributed by atoms with Crippen LogP contribution >= 0.6 is 0 Å². The van der Waals surface area contributed by atoms with Gasteiger partial charge in [-0.05, 0) is 63.5 Å². The van der Waals surface area contributed by atoms with Gasteiger partial charge in [-0.1, -0.05) is 17.7 Å². The Morgan fingerprint density at radius 1 is 1.12 bits per heavy atom. The Morgan fingerprint density at radius 2 is 1.75 bits per heavy atom. The average Bonchev–Trinajstić information content (AvgIpc) is 2.48. The molecule has 1 aromatic rings. The number of nitrogens with one attached hydrogen (secondary N) is 1. The van der Waals surface area contributed by atoms with E-state index in [4.69, 9.17) is 0 Å². The molecular weight excluding hydrogens is 350 g/mol. The fraction of sp³-hybridized carbons (Fsp3) is 0.625. The van der Waals surface area contributed by atoms with E-state index < -0.39 is 20.1 Å². The van der Waals surface area contributed by atoms with E-state index in [0.29, 0.717) is 12.0 Å². The predicted molar refractivity (Wildman–Crippen MR) is 93.0 cm³/mol. The molecule has 0 aromatic heterocycles. The summed E-state index contributed by atoms with van der Waals surface area (Å²) in [6.07, 6.45) is 3.73. The van der Waals surface area contributed by atoms with Gasteiger partial charge in [-0.25, -0.2) is 13.1 Å². The standard InChI is InChI=1S/C16H25NO5S2/c1-3-23(18,19)17-15-7-5-13(6-8-15)11-14-10-12(2)4-9-16(14)24(20,21)22/h4,9-10,13,15,17H,3,5-8,11H2,1-2H3,(H,20,21,22). The summed E-state index contributed by atoms with van der Waals surface area (Å²) < 4.78 is 58.4. The zero-order valence-electron chi connectivity index (χ0n) is 14.0. The maximum absolute atomic E-state index is 11.6. The Balaban J connectivity index is 2.03. The summed E-state index contributed by atoms with van der Waals surface area (Å²) in [4.78, 5) is -0.0260. The van der Waals surface area contributed by atoms with Crippen molar-refractivity contribution >= 4 is 20.1 Å². The second-order valence-electron chi connectivity index (χ2n) is 6.53. The van der Waals surface area contributed by atoms with Crippen LogP contribution in [0.4, 0.5) is 0 Å². The second kappa shape index (κ2) is 7.51. The van der Waals surface area contributed by atoms with E-state index in [9.17, 15) is 21.4 Å². The van der Waals surface area contributed by atoms with Crippen LogP contribution < -0.4 is 4.72 Å². The molecule has 0 unspecified atom stereocenters. The van der Waals surface area contributed by atoms with Crippen LogP contribution in [0.15, 0.2) is 23.1 Å². The van der Waals surface area contributed by atoms with Gasteiger partial charge in [-0.2, -0.15) is 8.42 Å². The van der Waals surface area contributed by atoms with Gasteiger partial charge in [0.1, 0.15) is 0 Å². The molecule has 0 radical (unpaired) electrons. The third-order valence-corrected chi connectivity index (χ3v) is 6.98. The maximum Gasteiger partial charge on any atom is 0.294 e. The highest BCUT2D eigenvalue weighted by molar-refractivity contribution is 7.89. The summed E-state index contributed by atoms with van der Waals surface area (Å²) in [6, 6.07) is 4.88. The lowest BCUT2D eigenvalue weighted by Crippen LogP contribution is -2.38. The molecule has 8 heteroatoms. The summed E-state index contributed by atoms with van der Waals surface area (Å²) in [5, 5.41) is 0. The fourth-order valence-electron chi connectivity index (χ4n) is 3.25. The molecule has 0 saturated heterocycles. The van der Waals surface area contributed by atoms with Crippen molar-refractivity contribution in [1.29, 1.82) is 0 Å². The minimum absolute atomic E-state index is 0.0260. The first-order chi connectivity index (χ1) is 11.1. The molecular formula is C16H25NO5S2. The molecule has 0 amide bonds. The topological polar surface area (TPSA) is 101 Å². The van der Waals surface area contributed by atoms with Crippen molar-refractivity contribution in [1.82, 2.24) is 4.72 Å². The second-order valence-corrected chi connectivity index (χ2v) is 9.96. The molecule has 0 bridgehead atoms. The van der Waals surface area contributed by atoms with E-state index in [-0.39, 0.29) is 22.6 Å². The van der Waals surface area contributed by atoms with Crippen LogP contribution in [0, 0.1) is 12.8 Å². The van der Waals surface area contributed by atoms with Crippen molar-refractivity contribution in [2.24, 2.45) is 5.92 Å². The van der Waals surface area contributed by atoms with Crippen molar-refractivity contribution in [2.45, 2.75) is 56.9 Å². The zero-order valence-corrected chi connectivity index (χ0v) is 15.7. The molecule has 136 valence electrons. The molecule has 6 nitrogen and oxygen atoms in total. The molecule has 1 saturated carbocycles. The van der Waals surface area contributed by atoms with Gasteiger partial charge in [0.25, 0.3) is 10.1 Å². The van der Waals surface area contributed by atoms with Gasteiger partial charge in [0, 0.05) is 6.04 Å². The minimum atomic E-state index is -4.23. The van der Waals surface area contributed by atoms with E-state index in [0.717, 1.165) is 31.2 Å². The van der Waals surface area contributed by atoms with Crippen molar-refractivity contribution < 1.29 is 21.4 Å². The average molecular weight is 376 g/mol. The first-order valence-corrected chi connectivity index (χ1v) is 11.3. The Hall–Kier alpha value is -0.960. The van der Waals surface area contributed by atoms with Crippen LogP contribution in [0.5, 0.6) is 0 Å². The lowest BCUT2D eigenvalue weighted by Gasteiger charge is -2.29. The molecule has 0 spiro atoms. The quantitative estimate of drug-likeness (QED) is 0.743. The molecule has 0 aliphatic heterocycles. The normalized spacial score (nSPS) is 22.5. The Kier molecular flexibility index (Phi) is 6.06. The van der Waals surface area contributed by atoms with Crippen molar-refractivity contribution in [3.05, 3.63) is 29.3 Å². The van der Waals surface area contributed by atoms with Gasteiger partial charge in [0.2, 0.25) is 10.0 Å². The van der Waals surface area contributed by atoms with Gasteiger partial charge >= 0.3 is 0 Å². The minimum Gasteiger partial charge on any atom is -0.282 e. The third-order valence-electron chi connectivity index (χ3n) is 4.58. The first-order valence-electron chi connectivity index (χ1n) is 8.17. The van der Waals surface area contributed by atoms with E-state index in [1.54, 1.807) is 19.1 Å². The maximum atomic E-state index is 11.6. The Morgan fingerprint density at radius 3 is 2.29 bits per heavy atom. The highest BCUT2D eigenvalue weighted by Crippen LogP contribution is 2.30. The van der Waals surface area contributed by atoms with Crippen molar-refractivity contribution in [2.75, 3.05) is 5.75 Å². The molecule has 2 N–H and O–H groups in total. The Labute approximate surface area is 144 Å². The van der Waals surface area contributed by atoms with Crippen LogP contribution in [-0.4, -0.2) is 33.2 Å². The number of benzene rings is 1. The summed E-state index contributed by atoms with van der Waals surface area (Å²) in [7, 11) is -7.42. The van der Waals surface area contributed by atoms with E-state index in [1.165, 1.54) is 6.07 Å². The SMILES string of the molecule is CCS(=O)(=O)NC1CCC(Cc2cc(C)ccc2S(=O)(=O)O)CC1. The first kappa shape index (κ1) is 19.4. The fourth-order valence-corrected chi connectivity index (χ4v) is 4.88. The molecule has 0 atom stereocenters. The van der Waals surface area contributed by atoms with Crippen molar-refractivity contribution in [3.63, 3.8) is 0 Å². The van der Waals surface area contributed by atoms with Crippen LogP contribution in [0.3, 0.4) is 0 Å². The lowest BCUT2D eigenvalue weighted by molar-refractivity contribution is 0.310. The molecule has 0 heterocycles. The highest BCUT2D eigenvalue weighted by Gasteiger charge is 2.26. The summed E-state index contributed by atoms with van der Waals surface area (Å²) in [5.74, 6) is 0.364. The van der Waals surface area contributed by atoms with Gasteiger partial charge < -0.3 is 0 Å². The van der Waals surface area contributed by atoms with Gasteiger partial charge in [-0.15, -0.1) is 0 Å². The monoisotopic (exact) mass is 375 g/mol. The number of rotatable bonds is 6. The number of hydrogen-bond donors (Lipinski definition) is 2. The Bertz CT molecular complexity index is 779. The smallest absolute Gasteiger partial charge is 0.282 e. The molecule has 24 heavy (non-hydrogen) atoms. The number of hydrogen-bond acceptors (Lipinski definition) is 4. The highest BCUT2D eigenvalue weighted by atomic mass is 32.2. The molecule has 1 aliphatic carbocycles. The largest absolute Gasteiger partial charge is 0.294 e. The third kappa shape index (κ3) is 5.27. The van der Waals surface area contributed by atoms with Gasteiger partial charge in [0.05, 0.1) is 10.6 Å². The van der Waals surface area contributed by atoms with Crippen LogP contribution in [-0.2, 0) is 26.6 Å². The van der Waals surface area contributed by atoms with E-state index in [1.807, 2.05) is 6.92 Å². The van der Waals surface area contributed by atoms with Crippen molar-refractivity contribution in [3.8, 4) is 0 Å². The predicted octanol–water partition coefficient (Wildman–Crippen LogP) is 2.28. The summed E-state index contributed by atoms with van der Waals surface area (Å²) in [6.45, 7) is 3.50. The van der Waals surface area contributed by atoms with Gasteiger partial charge in [-0.3, -0.25) is 4.55 Å². The summed E-state index contributed by atoms with van der Waals surface area (Å²) >= 11 is 0. The molecule has 1 fully saturated rings. The summed E-state index contributed by atoms with van der Waals surface area (Å²) in [5.41, 5.74) is 1.58. The van der Waals surface area contributed by atoms with Crippen LogP contribution in [0.2, 0.25) is 0 Å². The number of aryl methyl sites for hydroxylation is 1. The van der Waals surface area contributed by atoms with Crippen LogP contribution in [0.1, 0.15) is 43.7 Å². The van der Waals surface area contributed by atoms with E-state index >= 15 is 0 Å². The zero-order chi connectivity index (χ0) is 18.0.